The minimum Gasteiger partial charge on any atom is -0.492 e. The molecule has 0 bridgehead atoms. The minimum absolute atomic E-state index is 0.0539. The minimum atomic E-state index is -1.01. The molecular weight excluding hydrogens is 330 g/mol. The highest BCUT2D eigenvalue weighted by molar-refractivity contribution is 6.26. The molecule has 0 saturated carbocycles. The van der Waals surface area contributed by atoms with Gasteiger partial charge in [0.25, 0.3) is 0 Å². The molecule has 1 aromatic rings. The second-order valence-corrected chi connectivity index (χ2v) is 5.96. The van der Waals surface area contributed by atoms with E-state index in [1.807, 2.05) is 0 Å². The molecule has 1 aliphatic carbocycles. The quantitative estimate of drug-likeness (QED) is 0.698. The number of amides is 1. The van der Waals surface area contributed by atoms with E-state index >= 15 is 0 Å². The second-order valence-electron chi connectivity index (χ2n) is 5.96. The Hall–Kier alpha value is -2.65. The molecule has 0 saturated heterocycles. The number of carbonyl (C=O) groups excluding carboxylic acids is 3. The van der Waals surface area contributed by atoms with Gasteiger partial charge in [0.15, 0.2) is 5.76 Å². The average molecular weight is 349 g/mol. The summed E-state index contributed by atoms with van der Waals surface area (Å²) in [6, 6.07) is -0.330. The van der Waals surface area contributed by atoms with Crippen LogP contribution in [0.4, 0.5) is 4.79 Å². The zero-order valence-corrected chi connectivity index (χ0v) is 14.1. The summed E-state index contributed by atoms with van der Waals surface area (Å²) in [5.74, 6) is -0.892. The van der Waals surface area contributed by atoms with Crippen molar-refractivity contribution in [3.05, 3.63) is 33.8 Å². The predicted molar refractivity (Wildman–Crippen MR) is 85.0 cm³/mol. The van der Waals surface area contributed by atoms with E-state index in [0.717, 1.165) is 0 Å². The van der Waals surface area contributed by atoms with Gasteiger partial charge in [0, 0.05) is 17.7 Å². The lowest BCUT2D eigenvalue weighted by Gasteiger charge is -2.19. The third-order valence-corrected chi connectivity index (χ3v) is 4.71. The summed E-state index contributed by atoms with van der Waals surface area (Å²) in [5.41, 5.74) is 6.15. The SMILES string of the molecule is CN[C@H]1Cn2c3c(c(COC(N)=O)c2[C@H]1O)C(=O)C(OC)=C(C)C3=O. The molecule has 9 heteroatoms. The van der Waals surface area contributed by atoms with Gasteiger partial charge in [-0.05, 0) is 14.0 Å². The molecule has 0 radical (unpaired) electrons. The van der Waals surface area contributed by atoms with Crippen molar-refractivity contribution in [1.29, 1.82) is 0 Å². The molecular formula is C16H19N3O6. The van der Waals surface area contributed by atoms with Crippen molar-refractivity contribution in [2.24, 2.45) is 5.73 Å². The van der Waals surface area contributed by atoms with Crippen molar-refractivity contribution in [3.63, 3.8) is 0 Å². The Morgan fingerprint density at radius 2 is 2.08 bits per heavy atom. The standard InChI is InChI=1S/C16H19N3O6/c1-6-12(20)11-9(14(22)15(6)24-3)7(5-25-16(17)23)10-13(21)8(18-2)4-19(10)11/h8,13,18,21H,4-5H2,1-3H3,(H2,17,23)/t8-,13-/m0/s1. The van der Waals surface area contributed by atoms with Gasteiger partial charge in [0.05, 0.1) is 24.4 Å². The van der Waals surface area contributed by atoms with Gasteiger partial charge in [0.1, 0.15) is 18.4 Å². The third-order valence-electron chi connectivity index (χ3n) is 4.71. The maximum atomic E-state index is 12.8. The lowest BCUT2D eigenvalue weighted by molar-refractivity contribution is 0.0897. The summed E-state index contributed by atoms with van der Waals surface area (Å²) in [7, 11) is 3.00. The van der Waals surface area contributed by atoms with E-state index < -0.39 is 18.0 Å². The molecule has 25 heavy (non-hydrogen) atoms. The molecule has 3 rings (SSSR count). The molecule has 2 aliphatic rings. The number of nitrogens with one attached hydrogen (secondary N) is 1. The number of primary amides is 1. The number of fused-ring (bicyclic) bond motifs is 3. The van der Waals surface area contributed by atoms with Crippen LogP contribution in [0.2, 0.25) is 0 Å². The number of rotatable bonds is 4. The molecule has 0 unspecified atom stereocenters. The zero-order chi connectivity index (χ0) is 18.5. The number of aliphatic hydroxyl groups is 1. The summed E-state index contributed by atoms with van der Waals surface area (Å²) in [6.45, 7) is 1.51. The van der Waals surface area contributed by atoms with Gasteiger partial charge in [-0.15, -0.1) is 0 Å². The lowest BCUT2D eigenvalue weighted by atomic mass is 9.90. The first-order chi connectivity index (χ1) is 11.8. The number of aromatic nitrogens is 1. The van der Waals surface area contributed by atoms with E-state index in [2.05, 4.69) is 5.32 Å². The van der Waals surface area contributed by atoms with Crippen molar-refractivity contribution in [2.45, 2.75) is 32.2 Å². The van der Waals surface area contributed by atoms with Gasteiger partial charge < -0.3 is 30.2 Å². The maximum Gasteiger partial charge on any atom is 0.404 e. The summed E-state index contributed by atoms with van der Waals surface area (Å²) < 4.78 is 11.5. The van der Waals surface area contributed by atoms with Crippen LogP contribution in [0.5, 0.6) is 0 Å². The zero-order valence-electron chi connectivity index (χ0n) is 14.1. The van der Waals surface area contributed by atoms with E-state index in [0.29, 0.717) is 12.2 Å². The molecule has 134 valence electrons. The highest BCUT2D eigenvalue weighted by Gasteiger charge is 2.44. The first kappa shape index (κ1) is 17.2. The Morgan fingerprint density at radius 3 is 2.64 bits per heavy atom. The number of methoxy groups -OCH3 is 1. The second kappa shape index (κ2) is 6.01. The average Bonchev–Trinajstić information content (AvgIpc) is 3.06. The number of nitrogens with two attached hydrogens (primary N) is 1. The first-order valence-electron chi connectivity index (χ1n) is 7.70. The Morgan fingerprint density at radius 1 is 1.40 bits per heavy atom. The van der Waals surface area contributed by atoms with Crippen molar-refractivity contribution in [3.8, 4) is 0 Å². The molecule has 2 atom stereocenters. The van der Waals surface area contributed by atoms with Crippen LogP contribution >= 0.6 is 0 Å². The number of ketones is 2. The normalized spacial score (nSPS) is 22.1. The van der Waals surface area contributed by atoms with Crippen molar-refractivity contribution in [1.82, 2.24) is 9.88 Å². The number of hydrogen-bond acceptors (Lipinski definition) is 7. The Kier molecular flexibility index (Phi) is 4.13. The fourth-order valence-corrected chi connectivity index (χ4v) is 3.53. The number of aliphatic hydroxyl groups excluding tert-OH is 1. The number of carbonyl (C=O) groups is 3. The largest absolute Gasteiger partial charge is 0.492 e. The van der Waals surface area contributed by atoms with Crippen LogP contribution in [0.1, 0.15) is 45.1 Å². The van der Waals surface area contributed by atoms with Crippen LogP contribution in [-0.2, 0) is 22.6 Å². The summed E-state index contributed by atoms with van der Waals surface area (Å²) in [6.07, 6.45) is -1.98. The van der Waals surface area contributed by atoms with Gasteiger partial charge in [-0.3, -0.25) is 9.59 Å². The van der Waals surface area contributed by atoms with E-state index in [1.54, 1.807) is 11.6 Å². The van der Waals surface area contributed by atoms with Crippen LogP contribution < -0.4 is 11.1 Å². The van der Waals surface area contributed by atoms with Crippen LogP contribution in [0.3, 0.4) is 0 Å². The van der Waals surface area contributed by atoms with Crippen LogP contribution in [0.25, 0.3) is 0 Å². The molecule has 0 spiro atoms. The molecule has 1 aliphatic heterocycles. The maximum absolute atomic E-state index is 12.8. The fraction of sp³-hybridized carbons (Fsp3) is 0.438. The topological polar surface area (TPSA) is 133 Å². The predicted octanol–water partition coefficient (Wildman–Crippen LogP) is 0.0178. The van der Waals surface area contributed by atoms with Crippen molar-refractivity contribution >= 4 is 17.7 Å². The number of allylic oxidation sites excluding steroid dienone is 2. The van der Waals surface area contributed by atoms with Crippen LogP contribution in [-0.4, -0.2) is 47.5 Å². The Bertz CT molecular complexity index is 822. The number of nitrogens with zero attached hydrogens (tertiary/aromatic N) is 1. The van der Waals surface area contributed by atoms with Crippen LogP contribution in [0, 0.1) is 0 Å². The van der Waals surface area contributed by atoms with E-state index in [4.69, 9.17) is 15.2 Å². The molecule has 0 fully saturated rings. The van der Waals surface area contributed by atoms with Gasteiger partial charge in [0.2, 0.25) is 11.6 Å². The molecule has 1 amide bonds. The summed E-state index contributed by atoms with van der Waals surface area (Å²) in [4.78, 5) is 36.6. The third kappa shape index (κ3) is 2.35. The number of ether oxygens (including phenoxy) is 2. The molecule has 4 N–H and O–H groups in total. The summed E-state index contributed by atoms with van der Waals surface area (Å²) in [5, 5.41) is 13.5. The van der Waals surface area contributed by atoms with E-state index in [9.17, 15) is 19.5 Å². The smallest absolute Gasteiger partial charge is 0.404 e. The van der Waals surface area contributed by atoms with Crippen molar-refractivity contribution in [2.75, 3.05) is 14.2 Å². The highest BCUT2D eigenvalue weighted by Crippen LogP contribution is 2.40. The Balaban J connectivity index is 2.23. The van der Waals surface area contributed by atoms with Gasteiger partial charge in [-0.1, -0.05) is 0 Å². The van der Waals surface area contributed by atoms with Gasteiger partial charge >= 0.3 is 6.09 Å². The monoisotopic (exact) mass is 349 g/mol. The molecule has 1 aromatic heterocycles. The van der Waals surface area contributed by atoms with Gasteiger partial charge in [-0.2, -0.15) is 0 Å². The van der Waals surface area contributed by atoms with Gasteiger partial charge in [-0.25, -0.2) is 4.79 Å². The molecule has 0 aromatic carbocycles. The fourth-order valence-electron chi connectivity index (χ4n) is 3.53. The summed E-state index contributed by atoms with van der Waals surface area (Å²) >= 11 is 0. The highest BCUT2D eigenvalue weighted by atomic mass is 16.5. The number of likely N-dealkylation sites (N-methyl/N-ethyl adjacent to an activating group) is 1. The Labute approximate surface area is 143 Å². The van der Waals surface area contributed by atoms with E-state index in [-0.39, 0.29) is 46.6 Å². The number of Topliss-reactive ketones (excluding diaryl/α,β-unsaturated/α-hetero) is 2. The number of hydrogen-bond donors (Lipinski definition) is 3. The molecule has 2 heterocycles. The molecule has 9 nitrogen and oxygen atoms in total. The van der Waals surface area contributed by atoms with Crippen LogP contribution in [0.15, 0.2) is 11.3 Å². The first-order valence-corrected chi connectivity index (χ1v) is 7.70. The lowest BCUT2D eigenvalue weighted by Crippen LogP contribution is -2.32. The van der Waals surface area contributed by atoms with E-state index in [1.165, 1.54) is 14.0 Å². The van der Waals surface area contributed by atoms with Crippen molar-refractivity contribution < 1.29 is 29.0 Å².